The monoisotopic (exact) mass is 475 g/mol. The molecule has 1 heterocycles. The number of nitrogens with zero attached hydrogens (tertiary/aromatic N) is 1. The zero-order valence-corrected chi connectivity index (χ0v) is 17.9. The van der Waals surface area contributed by atoms with Crippen LogP contribution >= 0.6 is 39.3 Å². The van der Waals surface area contributed by atoms with E-state index in [2.05, 4.69) is 31.5 Å². The summed E-state index contributed by atoms with van der Waals surface area (Å²) in [6.45, 7) is 1.41. The zero-order valence-electron chi connectivity index (χ0n) is 14.7. The molecule has 3 aromatic rings. The van der Waals surface area contributed by atoms with E-state index in [0.29, 0.717) is 22.0 Å². The van der Waals surface area contributed by atoms with Crippen LogP contribution in [0.5, 0.6) is 0 Å². The fourth-order valence-corrected chi connectivity index (χ4v) is 3.65. The van der Waals surface area contributed by atoms with Gasteiger partial charge in [0.1, 0.15) is 5.03 Å². The van der Waals surface area contributed by atoms with Crippen molar-refractivity contribution in [2.75, 3.05) is 10.6 Å². The number of benzene rings is 2. The Hall–Kier alpha value is -2.35. The number of anilines is 2. The number of hydrogen-bond donors (Lipinski definition) is 2. The Balaban J connectivity index is 1.83. The van der Waals surface area contributed by atoms with Crippen molar-refractivity contribution in [1.82, 2.24) is 4.98 Å². The minimum Gasteiger partial charge on any atom is -0.326 e. The number of nitrogens with one attached hydrogen (secondary N) is 2. The number of hydrogen-bond acceptors (Lipinski definition) is 4. The molecule has 0 bridgehead atoms. The SMILES string of the molecule is CC(=O)Nc1ccc(Cl)c(NC(=O)c2ccccc2Sc2ccc(Br)cn2)c1. The van der Waals surface area contributed by atoms with E-state index < -0.39 is 0 Å². The molecule has 0 spiro atoms. The Kier molecular flexibility index (Phi) is 6.72. The van der Waals surface area contributed by atoms with Crippen molar-refractivity contribution in [3.8, 4) is 0 Å². The minimum absolute atomic E-state index is 0.205. The van der Waals surface area contributed by atoms with Gasteiger partial charge in [0.05, 0.1) is 16.3 Å². The predicted octanol–water partition coefficient (Wildman–Crippen LogP) is 5.86. The van der Waals surface area contributed by atoms with Gasteiger partial charge in [-0.05, 0) is 58.4 Å². The molecule has 0 atom stereocenters. The van der Waals surface area contributed by atoms with Crippen molar-refractivity contribution in [1.29, 1.82) is 0 Å². The molecule has 0 fully saturated rings. The van der Waals surface area contributed by atoms with Crippen LogP contribution in [0, 0.1) is 0 Å². The van der Waals surface area contributed by atoms with Gasteiger partial charge < -0.3 is 10.6 Å². The van der Waals surface area contributed by atoms with Crippen LogP contribution in [0.2, 0.25) is 5.02 Å². The number of carbonyl (C=O) groups is 2. The third-order valence-corrected chi connectivity index (χ3v) is 5.41. The van der Waals surface area contributed by atoms with Gasteiger partial charge in [-0.3, -0.25) is 9.59 Å². The van der Waals surface area contributed by atoms with Crippen LogP contribution < -0.4 is 10.6 Å². The standard InChI is InChI=1S/C20H15BrClN3O2S/c1-12(26)24-14-7-8-16(22)17(10-14)25-20(27)15-4-2-3-5-18(15)28-19-9-6-13(21)11-23-19/h2-11H,1H3,(H,24,26)(H,25,27). The summed E-state index contributed by atoms with van der Waals surface area (Å²) < 4.78 is 0.886. The van der Waals surface area contributed by atoms with E-state index in [1.807, 2.05) is 24.3 Å². The van der Waals surface area contributed by atoms with E-state index in [4.69, 9.17) is 11.6 Å². The van der Waals surface area contributed by atoms with Crippen molar-refractivity contribution < 1.29 is 9.59 Å². The molecule has 0 aliphatic rings. The molecule has 0 radical (unpaired) electrons. The first-order valence-corrected chi connectivity index (χ1v) is 10.2. The van der Waals surface area contributed by atoms with Crippen LogP contribution in [-0.2, 0) is 4.79 Å². The fourth-order valence-electron chi connectivity index (χ4n) is 2.37. The second kappa shape index (κ2) is 9.23. The lowest BCUT2D eigenvalue weighted by Gasteiger charge is -2.12. The summed E-state index contributed by atoms with van der Waals surface area (Å²) in [5, 5.41) is 6.63. The molecule has 5 nitrogen and oxygen atoms in total. The van der Waals surface area contributed by atoms with E-state index >= 15 is 0 Å². The largest absolute Gasteiger partial charge is 0.326 e. The Labute approximate surface area is 180 Å². The summed E-state index contributed by atoms with van der Waals surface area (Å²) in [4.78, 5) is 29.2. The minimum atomic E-state index is -0.304. The molecule has 28 heavy (non-hydrogen) atoms. The molecule has 1 aromatic heterocycles. The summed E-state index contributed by atoms with van der Waals surface area (Å²) in [7, 11) is 0. The van der Waals surface area contributed by atoms with Gasteiger partial charge in [0.2, 0.25) is 5.91 Å². The van der Waals surface area contributed by atoms with Crippen LogP contribution in [0.15, 0.2) is 75.2 Å². The van der Waals surface area contributed by atoms with Gasteiger partial charge in [-0.25, -0.2) is 4.98 Å². The first kappa shape index (κ1) is 20.4. The average Bonchev–Trinajstić information content (AvgIpc) is 2.66. The fraction of sp³-hybridized carbons (Fsp3) is 0.0500. The van der Waals surface area contributed by atoms with E-state index in [1.165, 1.54) is 18.7 Å². The van der Waals surface area contributed by atoms with Gasteiger partial charge in [0.25, 0.3) is 5.91 Å². The number of aromatic nitrogens is 1. The summed E-state index contributed by atoms with van der Waals surface area (Å²) in [5.41, 5.74) is 1.46. The topological polar surface area (TPSA) is 71.1 Å². The number of amides is 2. The molecule has 0 saturated carbocycles. The van der Waals surface area contributed by atoms with Gasteiger partial charge in [-0.15, -0.1) is 0 Å². The van der Waals surface area contributed by atoms with Gasteiger partial charge in [0, 0.05) is 28.2 Å². The second-order valence-corrected chi connectivity index (χ2v) is 8.13. The van der Waals surface area contributed by atoms with Crippen molar-refractivity contribution >= 4 is 62.5 Å². The molecule has 0 aliphatic carbocycles. The lowest BCUT2D eigenvalue weighted by atomic mass is 10.2. The summed E-state index contributed by atoms with van der Waals surface area (Å²) in [5.74, 6) is -0.509. The number of rotatable bonds is 5. The molecule has 0 unspecified atom stereocenters. The van der Waals surface area contributed by atoms with Crippen molar-refractivity contribution in [2.24, 2.45) is 0 Å². The van der Waals surface area contributed by atoms with Crippen molar-refractivity contribution in [3.63, 3.8) is 0 Å². The van der Waals surface area contributed by atoms with Gasteiger partial charge in [-0.1, -0.05) is 35.5 Å². The maximum atomic E-state index is 12.9. The molecular formula is C20H15BrClN3O2S. The molecule has 2 N–H and O–H groups in total. The highest BCUT2D eigenvalue weighted by molar-refractivity contribution is 9.10. The highest BCUT2D eigenvalue weighted by Gasteiger charge is 2.14. The third-order valence-electron chi connectivity index (χ3n) is 3.58. The average molecular weight is 477 g/mol. The lowest BCUT2D eigenvalue weighted by molar-refractivity contribution is -0.114. The normalized spacial score (nSPS) is 10.4. The van der Waals surface area contributed by atoms with E-state index in [-0.39, 0.29) is 11.8 Å². The highest BCUT2D eigenvalue weighted by atomic mass is 79.9. The molecular weight excluding hydrogens is 462 g/mol. The second-order valence-electron chi connectivity index (χ2n) is 5.74. The Morgan fingerprint density at radius 3 is 2.57 bits per heavy atom. The van der Waals surface area contributed by atoms with Crippen LogP contribution in [-0.4, -0.2) is 16.8 Å². The maximum absolute atomic E-state index is 12.9. The van der Waals surface area contributed by atoms with Gasteiger partial charge >= 0.3 is 0 Å². The smallest absolute Gasteiger partial charge is 0.256 e. The molecule has 2 amide bonds. The molecule has 8 heteroatoms. The first-order chi connectivity index (χ1) is 13.4. The molecule has 3 rings (SSSR count). The van der Waals surface area contributed by atoms with Crippen molar-refractivity contribution in [3.05, 3.63) is 75.9 Å². The highest BCUT2D eigenvalue weighted by Crippen LogP contribution is 2.31. The maximum Gasteiger partial charge on any atom is 0.256 e. The summed E-state index contributed by atoms with van der Waals surface area (Å²) >= 11 is 11.0. The quantitative estimate of drug-likeness (QED) is 0.484. The van der Waals surface area contributed by atoms with E-state index in [1.54, 1.807) is 36.5 Å². The Morgan fingerprint density at radius 2 is 1.86 bits per heavy atom. The molecule has 142 valence electrons. The summed E-state index contributed by atoms with van der Waals surface area (Å²) in [6, 6.07) is 15.9. The van der Waals surface area contributed by atoms with Crippen LogP contribution in [0.1, 0.15) is 17.3 Å². The van der Waals surface area contributed by atoms with E-state index in [9.17, 15) is 9.59 Å². The number of pyridine rings is 1. The molecule has 2 aromatic carbocycles. The van der Waals surface area contributed by atoms with Crippen LogP contribution in [0.4, 0.5) is 11.4 Å². The van der Waals surface area contributed by atoms with Crippen molar-refractivity contribution in [2.45, 2.75) is 16.8 Å². The molecule has 0 aliphatic heterocycles. The Morgan fingerprint density at radius 1 is 1.07 bits per heavy atom. The molecule has 0 saturated heterocycles. The van der Waals surface area contributed by atoms with Crippen LogP contribution in [0.25, 0.3) is 0 Å². The Bertz CT molecular complexity index is 1030. The number of carbonyl (C=O) groups excluding carboxylic acids is 2. The van der Waals surface area contributed by atoms with Gasteiger partial charge in [0.15, 0.2) is 0 Å². The predicted molar refractivity (Wildman–Crippen MR) is 116 cm³/mol. The lowest BCUT2D eigenvalue weighted by Crippen LogP contribution is -2.14. The first-order valence-electron chi connectivity index (χ1n) is 8.19. The zero-order chi connectivity index (χ0) is 20.1. The van der Waals surface area contributed by atoms with Gasteiger partial charge in [-0.2, -0.15) is 0 Å². The van der Waals surface area contributed by atoms with E-state index in [0.717, 1.165) is 14.4 Å². The van der Waals surface area contributed by atoms with Crippen LogP contribution in [0.3, 0.4) is 0 Å². The summed E-state index contributed by atoms with van der Waals surface area (Å²) in [6.07, 6.45) is 1.71. The third kappa shape index (κ3) is 5.34. The number of halogens is 2.